The Bertz CT molecular complexity index is 362. The van der Waals surface area contributed by atoms with E-state index >= 15 is 0 Å². The Morgan fingerprint density at radius 2 is 1.94 bits per heavy atom. The summed E-state index contributed by atoms with van der Waals surface area (Å²) in [4.78, 5) is 0. The highest BCUT2D eigenvalue weighted by Gasteiger charge is 2.12. The molecule has 0 saturated carbocycles. The summed E-state index contributed by atoms with van der Waals surface area (Å²) in [6.45, 7) is 8.98. The van der Waals surface area contributed by atoms with Gasteiger partial charge in [-0.25, -0.2) is 0 Å². The molecule has 0 fully saturated rings. The lowest BCUT2D eigenvalue weighted by atomic mass is 10.0. The Morgan fingerprint density at radius 1 is 1.22 bits per heavy atom. The molecule has 1 N–H and O–H groups in total. The van der Waals surface area contributed by atoms with Crippen LogP contribution in [-0.4, -0.2) is 18.6 Å². The summed E-state index contributed by atoms with van der Waals surface area (Å²) < 4.78 is 0. The number of thioether (sulfide) groups is 1. The molecule has 1 aromatic rings. The standard InChI is InChI=1S/C16H27NS/c1-6-12(2)10-18-11-16(17-5)15-9-13(3)7-8-14(15)4/h7-9,12,16-17H,6,10-11H2,1-5H3. The Balaban J connectivity index is 2.62. The molecule has 0 aromatic heterocycles. The van der Waals surface area contributed by atoms with E-state index in [0.717, 1.165) is 11.7 Å². The molecule has 1 rings (SSSR count). The van der Waals surface area contributed by atoms with Gasteiger partial charge in [-0.1, -0.05) is 44.0 Å². The molecule has 0 amide bonds. The van der Waals surface area contributed by atoms with E-state index in [1.807, 2.05) is 0 Å². The van der Waals surface area contributed by atoms with Gasteiger partial charge in [-0.3, -0.25) is 0 Å². The first kappa shape index (κ1) is 15.6. The van der Waals surface area contributed by atoms with Crippen LogP contribution >= 0.6 is 11.8 Å². The van der Waals surface area contributed by atoms with Gasteiger partial charge in [-0.15, -0.1) is 0 Å². The van der Waals surface area contributed by atoms with E-state index in [1.165, 1.54) is 28.9 Å². The molecule has 0 saturated heterocycles. The maximum absolute atomic E-state index is 3.46. The van der Waals surface area contributed by atoms with Crippen molar-refractivity contribution in [1.82, 2.24) is 5.32 Å². The second kappa shape index (κ2) is 7.85. The van der Waals surface area contributed by atoms with Crippen LogP contribution < -0.4 is 5.32 Å². The minimum Gasteiger partial charge on any atom is -0.312 e. The Morgan fingerprint density at radius 3 is 2.56 bits per heavy atom. The van der Waals surface area contributed by atoms with Crippen LogP contribution in [0.4, 0.5) is 0 Å². The molecule has 0 aliphatic carbocycles. The molecule has 0 radical (unpaired) electrons. The molecule has 0 aliphatic rings. The molecule has 2 heteroatoms. The van der Waals surface area contributed by atoms with Gasteiger partial charge in [0.2, 0.25) is 0 Å². The second-order valence-electron chi connectivity index (χ2n) is 5.25. The highest BCUT2D eigenvalue weighted by molar-refractivity contribution is 7.99. The van der Waals surface area contributed by atoms with Gasteiger partial charge in [0.1, 0.15) is 0 Å². The molecule has 2 unspecified atom stereocenters. The van der Waals surface area contributed by atoms with Crippen molar-refractivity contribution in [2.24, 2.45) is 5.92 Å². The molecule has 0 aliphatic heterocycles. The average molecular weight is 265 g/mol. The highest BCUT2D eigenvalue weighted by atomic mass is 32.2. The van der Waals surface area contributed by atoms with E-state index in [4.69, 9.17) is 0 Å². The maximum atomic E-state index is 3.46. The van der Waals surface area contributed by atoms with E-state index in [1.54, 1.807) is 0 Å². The van der Waals surface area contributed by atoms with Gasteiger partial charge < -0.3 is 5.32 Å². The van der Waals surface area contributed by atoms with Gasteiger partial charge in [-0.2, -0.15) is 11.8 Å². The van der Waals surface area contributed by atoms with Gasteiger partial charge >= 0.3 is 0 Å². The predicted molar refractivity (Wildman–Crippen MR) is 84.5 cm³/mol. The lowest BCUT2D eigenvalue weighted by Crippen LogP contribution is -2.20. The minimum atomic E-state index is 0.471. The fourth-order valence-corrected chi connectivity index (χ4v) is 3.32. The van der Waals surface area contributed by atoms with Crippen molar-refractivity contribution in [2.45, 2.75) is 40.2 Å². The third-order valence-electron chi connectivity index (χ3n) is 3.54. The second-order valence-corrected chi connectivity index (χ2v) is 6.33. The summed E-state index contributed by atoms with van der Waals surface area (Å²) in [5, 5.41) is 3.46. The van der Waals surface area contributed by atoms with Crippen LogP contribution in [0.15, 0.2) is 18.2 Å². The Labute approximate surface area is 117 Å². The smallest absolute Gasteiger partial charge is 0.0412 e. The fraction of sp³-hybridized carbons (Fsp3) is 0.625. The molecule has 102 valence electrons. The Hall–Kier alpha value is -0.470. The molecule has 2 atom stereocenters. The van der Waals surface area contributed by atoms with E-state index in [2.05, 4.69) is 70.0 Å². The summed E-state index contributed by atoms with van der Waals surface area (Å²) >= 11 is 2.07. The lowest BCUT2D eigenvalue weighted by molar-refractivity contribution is 0.629. The summed E-state index contributed by atoms with van der Waals surface area (Å²) in [5.41, 5.74) is 4.20. The highest BCUT2D eigenvalue weighted by Crippen LogP contribution is 2.24. The topological polar surface area (TPSA) is 12.0 Å². The summed E-state index contributed by atoms with van der Waals surface area (Å²) in [6, 6.07) is 7.21. The van der Waals surface area contributed by atoms with Gasteiger partial charge in [0.25, 0.3) is 0 Å². The van der Waals surface area contributed by atoms with E-state index in [9.17, 15) is 0 Å². The van der Waals surface area contributed by atoms with Crippen LogP contribution in [0.25, 0.3) is 0 Å². The number of aryl methyl sites for hydroxylation is 2. The summed E-state index contributed by atoms with van der Waals surface area (Å²) in [6.07, 6.45) is 1.28. The van der Waals surface area contributed by atoms with Gasteiger partial charge in [0.05, 0.1) is 0 Å². The zero-order valence-corrected chi connectivity index (χ0v) is 13.2. The van der Waals surface area contributed by atoms with Crippen LogP contribution in [0.1, 0.15) is 43.0 Å². The van der Waals surface area contributed by atoms with Crippen molar-refractivity contribution in [3.8, 4) is 0 Å². The van der Waals surface area contributed by atoms with Crippen molar-refractivity contribution in [2.75, 3.05) is 18.6 Å². The van der Waals surface area contributed by atoms with Gasteiger partial charge in [0.15, 0.2) is 0 Å². The first-order valence-electron chi connectivity index (χ1n) is 6.90. The first-order chi connectivity index (χ1) is 8.58. The molecule has 0 bridgehead atoms. The number of benzene rings is 1. The predicted octanol–water partition coefficient (Wildman–Crippen LogP) is 4.34. The quantitative estimate of drug-likeness (QED) is 0.787. The first-order valence-corrected chi connectivity index (χ1v) is 8.06. The number of rotatable bonds is 7. The van der Waals surface area contributed by atoms with E-state index < -0.39 is 0 Å². The molecule has 1 nitrogen and oxygen atoms in total. The number of hydrogen-bond donors (Lipinski definition) is 1. The maximum Gasteiger partial charge on any atom is 0.0412 e. The van der Waals surface area contributed by atoms with Crippen molar-refractivity contribution >= 4 is 11.8 Å². The van der Waals surface area contributed by atoms with Crippen LogP contribution in [0, 0.1) is 19.8 Å². The average Bonchev–Trinajstić information content (AvgIpc) is 2.37. The Kier molecular flexibility index (Phi) is 6.80. The summed E-state index contributed by atoms with van der Waals surface area (Å²) in [7, 11) is 2.07. The van der Waals surface area contributed by atoms with E-state index in [0.29, 0.717) is 6.04 Å². The molecule has 1 aromatic carbocycles. The van der Waals surface area contributed by atoms with E-state index in [-0.39, 0.29) is 0 Å². The largest absolute Gasteiger partial charge is 0.312 e. The summed E-state index contributed by atoms with van der Waals surface area (Å²) in [5.74, 6) is 3.25. The third-order valence-corrected chi connectivity index (χ3v) is 4.92. The lowest BCUT2D eigenvalue weighted by Gasteiger charge is -2.20. The SMILES string of the molecule is CCC(C)CSCC(NC)c1cc(C)ccc1C. The van der Waals surface area contributed by atoms with Crippen LogP contribution in [0.5, 0.6) is 0 Å². The third kappa shape index (κ3) is 4.66. The van der Waals surface area contributed by atoms with Crippen LogP contribution in [0.2, 0.25) is 0 Å². The molecular weight excluding hydrogens is 238 g/mol. The van der Waals surface area contributed by atoms with Gasteiger partial charge in [0, 0.05) is 11.8 Å². The molecular formula is C16H27NS. The molecule has 0 spiro atoms. The monoisotopic (exact) mass is 265 g/mol. The molecule has 18 heavy (non-hydrogen) atoms. The van der Waals surface area contributed by atoms with Crippen molar-refractivity contribution < 1.29 is 0 Å². The van der Waals surface area contributed by atoms with Crippen LogP contribution in [-0.2, 0) is 0 Å². The number of hydrogen-bond acceptors (Lipinski definition) is 2. The van der Waals surface area contributed by atoms with Crippen molar-refractivity contribution in [3.05, 3.63) is 34.9 Å². The van der Waals surface area contributed by atoms with Crippen molar-refractivity contribution in [1.29, 1.82) is 0 Å². The van der Waals surface area contributed by atoms with Crippen LogP contribution in [0.3, 0.4) is 0 Å². The molecule has 0 heterocycles. The normalized spacial score (nSPS) is 14.5. The number of nitrogens with one attached hydrogen (secondary N) is 1. The van der Waals surface area contributed by atoms with Gasteiger partial charge in [-0.05, 0) is 43.7 Å². The zero-order valence-electron chi connectivity index (χ0n) is 12.4. The zero-order chi connectivity index (χ0) is 13.5. The van der Waals surface area contributed by atoms with Crippen molar-refractivity contribution in [3.63, 3.8) is 0 Å². The fourth-order valence-electron chi connectivity index (χ4n) is 1.97. The minimum absolute atomic E-state index is 0.471.